The quantitative estimate of drug-likeness (QED) is 0.194. The zero-order valence-corrected chi connectivity index (χ0v) is 29.4. The topological polar surface area (TPSA) is 189 Å². The third-order valence-corrected chi connectivity index (χ3v) is 10.3. The van der Waals surface area contributed by atoms with Crippen LogP contribution in [0, 0.1) is 12.7 Å². The average Bonchev–Trinajstić information content (AvgIpc) is 3.36. The molecule has 2 amide bonds. The van der Waals surface area contributed by atoms with Gasteiger partial charge in [0.05, 0.1) is 30.0 Å². The van der Waals surface area contributed by atoms with Crippen molar-refractivity contribution in [1.82, 2.24) is 29.0 Å². The van der Waals surface area contributed by atoms with Crippen molar-refractivity contribution in [3.8, 4) is 6.01 Å². The fourth-order valence-electron chi connectivity index (χ4n) is 4.00. The standard InChI is InChI=1S/C15H15ClFN3O3S2.C12H12ClN5O4S/c1-23-13(21)8-24-12-7-11(10(17)6-9(12)16)18-14-19-4-2-3-5-20(19)15(22)25-14;1-7-14-10(17-12(15-7)22-2)16-11(19)18-23(20,21)9-6-4-3-5-8(9)13/h6-7H,2-5,8H2,1H3;3-6H,1-2H3,(H2,14,15,16,17,18,19)/b18-14-;. The lowest BCUT2D eigenvalue weighted by atomic mass is 10.3. The number of esters is 1. The fraction of sp³-hybridized carbons (Fsp3) is 0.296. The molecule has 0 atom stereocenters. The summed E-state index contributed by atoms with van der Waals surface area (Å²) in [6.07, 6.45) is 1.90. The smallest absolute Gasteiger partial charge is 0.335 e. The number of carbonyl (C=O) groups excluding carboxylic acids is 2. The number of nitrogens with zero attached hydrogens (tertiary/aromatic N) is 6. The van der Waals surface area contributed by atoms with Crippen LogP contribution >= 0.6 is 46.3 Å². The Morgan fingerprint density at radius 3 is 2.48 bits per heavy atom. The molecule has 3 heterocycles. The van der Waals surface area contributed by atoms with E-state index in [-0.39, 0.29) is 43.2 Å². The van der Waals surface area contributed by atoms with Crippen molar-refractivity contribution in [3.05, 3.63) is 72.6 Å². The van der Waals surface area contributed by atoms with Gasteiger partial charge in [0.1, 0.15) is 22.2 Å². The number of rotatable bonds is 8. The van der Waals surface area contributed by atoms with Gasteiger partial charge in [-0.25, -0.2) is 32.0 Å². The van der Waals surface area contributed by atoms with Gasteiger partial charge in [-0.15, -0.1) is 11.8 Å². The maximum atomic E-state index is 14.3. The molecule has 2 N–H and O–H groups in total. The summed E-state index contributed by atoms with van der Waals surface area (Å²) >= 11 is 14.0. The minimum atomic E-state index is -4.13. The number of nitrogens with one attached hydrogen (secondary N) is 2. The van der Waals surface area contributed by atoms with E-state index in [1.54, 1.807) is 22.4 Å². The minimum absolute atomic E-state index is 0.00882. The van der Waals surface area contributed by atoms with E-state index in [4.69, 9.17) is 27.9 Å². The maximum Gasteiger partial charge on any atom is 0.335 e. The van der Waals surface area contributed by atoms with Crippen LogP contribution in [0.3, 0.4) is 0 Å². The number of hydrogen-bond acceptors (Lipinski definition) is 13. The van der Waals surface area contributed by atoms with Gasteiger partial charge < -0.3 is 9.47 Å². The summed E-state index contributed by atoms with van der Waals surface area (Å²) < 4.78 is 53.1. The molecule has 0 fully saturated rings. The lowest BCUT2D eigenvalue weighted by molar-refractivity contribution is -0.137. The Morgan fingerprint density at radius 1 is 1.08 bits per heavy atom. The molecule has 0 spiro atoms. The van der Waals surface area contributed by atoms with Crippen LogP contribution in [0.4, 0.5) is 20.8 Å². The summed E-state index contributed by atoms with van der Waals surface area (Å²) in [4.78, 5) is 51.6. The zero-order valence-electron chi connectivity index (χ0n) is 25.4. The number of methoxy groups -OCH3 is 2. The number of hydrogen-bond donors (Lipinski definition) is 2. The third-order valence-electron chi connectivity index (χ3n) is 6.17. The van der Waals surface area contributed by atoms with Crippen LogP contribution in [0.2, 0.25) is 10.0 Å². The normalized spacial score (nSPS) is 12.8. The number of urea groups is 1. The highest BCUT2D eigenvalue weighted by Gasteiger charge is 2.21. The largest absolute Gasteiger partial charge is 0.468 e. The molecular weight excluding hydrogens is 734 g/mol. The van der Waals surface area contributed by atoms with E-state index >= 15 is 0 Å². The number of amides is 2. The Hall–Kier alpha value is -4.04. The highest BCUT2D eigenvalue weighted by molar-refractivity contribution is 8.00. The Morgan fingerprint density at radius 2 is 1.79 bits per heavy atom. The molecule has 2 aromatic carbocycles. The van der Waals surface area contributed by atoms with E-state index in [0.717, 1.165) is 42.0 Å². The molecule has 1 aliphatic heterocycles. The molecule has 0 aliphatic carbocycles. The first kappa shape index (κ1) is 36.8. The predicted octanol–water partition coefficient (Wildman–Crippen LogP) is 4.15. The molecule has 15 nitrogen and oxygen atoms in total. The molecule has 256 valence electrons. The van der Waals surface area contributed by atoms with Crippen molar-refractivity contribution in [1.29, 1.82) is 0 Å². The molecule has 0 saturated heterocycles. The number of anilines is 1. The summed E-state index contributed by atoms with van der Waals surface area (Å²) in [7, 11) is -1.49. The maximum absolute atomic E-state index is 14.3. The molecule has 0 radical (unpaired) electrons. The Labute approximate surface area is 291 Å². The average molecular weight is 762 g/mol. The Kier molecular flexibility index (Phi) is 12.6. The number of carbonyl (C=O) groups is 2. The number of aryl methyl sites for hydroxylation is 1. The first-order valence-electron chi connectivity index (χ1n) is 13.7. The van der Waals surface area contributed by atoms with E-state index in [9.17, 15) is 27.2 Å². The predicted molar refractivity (Wildman–Crippen MR) is 177 cm³/mol. The van der Waals surface area contributed by atoms with Crippen molar-refractivity contribution in [3.63, 3.8) is 0 Å². The molecule has 0 saturated carbocycles. The van der Waals surface area contributed by atoms with Gasteiger partial charge in [0.25, 0.3) is 10.0 Å². The van der Waals surface area contributed by atoms with Gasteiger partial charge in [-0.1, -0.05) is 35.3 Å². The van der Waals surface area contributed by atoms with Gasteiger partial charge in [0.2, 0.25) is 10.7 Å². The summed E-state index contributed by atoms with van der Waals surface area (Å²) in [5, 5.41) is 2.38. The summed E-state index contributed by atoms with van der Waals surface area (Å²) in [6.45, 7) is 2.89. The van der Waals surface area contributed by atoms with Crippen LogP contribution in [0.25, 0.3) is 0 Å². The lowest BCUT2D eigenvalue weighted by Gasteiger charge is -2.15. The van der Waals surface area contributed by atoms with Crippen molar-refractivity contribution < 1.29 is 31.9 Å². The lowest BCUT2D eigenvalue weighted by Crippen LogP contribution is -2.35. The van der Waals surface area contributed by atoms with Crippen molar-refractivity contribution in [2.75, 3.05) is 25.3 Å². The number of aromatic nitrogens is 5. The Balaban J connectivity index is 0.000000218. The molecule has 21 heteroatoms. The summed E-state index contributed by atoms with van der Waals surface area (Å²) in [5.74, 6) is -0.782. The number of thioether (sulfide) groups is 1. The van der Waals surface area contributed by atoms with Gasteiger partial charge in [0.15, 0.2) is 0 Å². The molecule has 4 aromatic rings. The third kappa shape index (κ3) is 9.53. The molecule has 1 aliphatic rings. The SMILES string of the molecule is COC(=O)CSc1cc(/N=c2\sc(=O)n3n2CCCC3)c(F)cc1Cl.COc1nc(C)nc(NC(=O)NS(=O)(=O)c2ccccc2Cl)n1. The monoisotopic (exact) mass is 760 g/mol. The molecule has 2 aromatic heterocycles. The van der Waals surface area contributed by atoms with Gasteiger partial charge in [0, 0.05) is 18.0 Å². The van der Waals surface area contributed by atoms with Gasteiger partial charge in [-0.2, -0.15) is 15.0 Å². The van der Waals surface area contributed by atoms with E-state index < -0.39 is 27.8 Å². The van der Waals surface area contributed by atoms with Crippen LogP contribution in [-0.2, 0) is 32.6 Å². The highest BCUT2D eigenvalue weighted by atomic mass is 35.5. The van der Waals surface area contributed by atoms with Crippen LogP contribution < -0.4 is 24.5 Å². The second-order valence-corrected chi connectivity index (χ2v) is 13.9. The van der Waals surface area contributed by atoms with Crippen molar-refractivity contribution in [2.45, 2.75) is 42.6 Å². The number of fused-ring (bicyclic) bond motifs is 1. The van der Waals surface area contributed by atoms with E-state index in [1.807, 2.05) is 4.72 Å². The fourth-order valence-corrected chi connectivity index (χ4v) is 7.42. The minimum Gasteiger partial charge on any atom is -0.468 e. The molecule has 0 bridgehead atoms. The Bertz CT molecular complexity index is 2070. The molecule has 5 rings (SSSR count). The number of sulfonamides is 1. The van der Waals surface area contributed by atoms with Crippen LogP contribution in [-0.4, -0.2) is 64.7 Å². The zero-order chi connectivity index (χ0) is 35.0. The van der Waals surface area contributed by atoms with Crippen LogP contribution in [0.5, 0.6) is 6.01 Å². The van der Waals surface area contributed by atoms with Crippen LogP contribution in [0.15, 0.2) is 56.0 Å². The first-order valence-corrected chi connectivity index (χ1v) is 17.7. The van der Waals surface area contributed by atoms with Crippen molar-refractivity contribution >= 4 is 80.0 Å². The second-order valence-electron chi connectivity index (χ2n) is 9.50. The highest BCUT2D eigenvalue weighted by Crippen LogP contribution is 2.33. The summed E-state index contributed by atoms with van der Waals surface area (Å²) in [5.41, 5.74) is 0.0829. The van der Waals surface area contributed by atoms with Crippen molar-refractivity contribution in [2.24, 2.45) is 4.99 Å². The van der Waals surface area contributed by atoms with Gasteiger partial charge in [-0.3, -0.25) is 19.6 Å². The van der Waals surface area contributed by atoms with E-state index in [0.29, 0.717) is 28.6 Å². The first-order chi connectivity index (χ1) is 22.8. The van der Waals surface area contributed by atoms with Crippen LogP contribution in [0.1, 0.15) is 18.7 Å². The number of halogens is 3. The van der Waals surface area contributed by atoms with Gasteiger partial charge >= 0.3 is 22.9 Å². The summed E-state index contributed by atoms with van der Waals surface area (Å²) in [6, 6.07) is 7.31. The number of ether oxygens (including phenoxy) is 2. The molecule has 48 heavy (non-hydrogen) atoms. The second kappa shape index (κ2) is 16.4. The molecular formula is C27H27Cl2FN8O7S3. The van der Waals surface area contributed by atoms with E-state index in [1.165, 1.54) is 38.5 Å². The number of benzene rings is 2. The molecule has 0 unspecified atom stereocenters. The van der Waals surface area contributed by atoms with Gasteiger partial charge in [-0.05, 0) is 55.4 Å². The van der Waals surface area contributed by atoms with E-state index in [2.05, 4.69) is 30.0 Å².